The number of amides is 1. The highest BCUT2D eigenvalue weighted by molar-refractivity contribution is 6.36. The lowest BCUT2D eigenvalue weighted by Crippen LogP contribution is -2.31. The second kappa shape index (κ2) is 7.68. The van der Waals surface area contributed by atoms with Gasteiger partial charge in [-0.15, -0.1) is 0 Å². The summed E-state index contributed by atoms with van der Waals surface area (Å²) in [4.78, 5) is 13.8. The average Bonchev–Trinajstić information content (AvgIpc) is 2.54. The molecule has 0 aromatic heterocycles. The number of carbonyl (C=O) groups is 1. The van der Waals surface area contributed by atoms with Crippen molar-refractivity contribution in [1.82, 2.24) is 4.90 Å². The number of methoxy groups -OCH3 is 1. The van der Waals surface area contributed by atoms with E-state index in [2.05, 4.69) is 0 Å². The molecule has 0 saturated carbocycles. The number of hydrogen-bond acceptors (Lipinski definition) is 3. The predicted molar refractivity (Wildman–Crippen MR) is 91.4 cm³/mol. The molecule has 0 heterocycles. The van der Waals surface area contributed by atoms with E-state index < -0.39 is 6.10 Å². The molecule has 0 bridgehead atoms. The van der Waals surface area contributed by atoms with E-state index in [0.717, 1.165) is 0 Å². The van der Waals surface area contributed by atoms with E-state index in [1.165, 1.54) is 11.0 Å². The minimum atomic E-state index is -0.805. The first kappa shape index (κ1) is 17.6. The fourth-order valence-corrected chi connectivity index (χ4v) is 2.63. The van der Waals surface area contributed by atoms with Crippen LogP contribution in [-0.4, -0.2) is 36.6 Å². The Morgan fingerprint density at radius 3 is 2.43 bits per heavy atom. The zero-order chi connectivity index (χ0) is 17.0. The summed E-state index contributed by atoms with van der Waals surface area (Å²) in [5.74, 6) is 0.428. The number of hydrogen-bond donors (Lipinski definition) is 1. The molecule has 6 heteroatoms. The van der Waals surface area contributed by atoms with Gasteiger partial charge in [-0.3, -0.25) is 4.79 Å². The molecule has 2 rings (SSSR count). The van der Waals surface area contributed by atoms with Gasteiger partial charge in [-0.05, 0) is 35.9 Å². The highest BCUT2D eigenvalue weighted by Gasteiger charge is 2.19. The molecule has 2 aromatic rings. The lowest BCUT2D eigenvalue weighted by Gasteiger charge is -2.22. The smallest absolute Gasteiger partial charge is 0.255 e. The van der Waals surface area contributed by atoms with Crippen molar-refractivity contribution in [1.29, 1.82) is 0 Å². The molecule has 1 atom stereocenters. The van der Waals surface area contributed by atoms with Crippen LogP contribution in [0.15, 0.2) is 42.5 Å². The number of aliphatic hydroxyl groups excluding tert-OH is 1. The van der Waals surface area contributed by atoms with Gasteiger partial charge in [0.15, 0.2) is 0 Å². The lowest BCUT2D eigenvalue weighted by atomic mass is 10.1. The molecule has 4 nitrogen and oxygen atoms in total. The zero-order valence-corrected chi connectivity index (χ0v) is 14.3. The molecule has 2 aromatic carbocycles. The Morgan fingerprint density at radius 2 is 1.87 bits per heavy atom. The molecule has 0 aliphatic heterocycles. The predicted octanol–water partition coefficient (Wildman–Crippen LogP) is 3.81. The lowest BCUT2D eigenvalue weighted by molar-refractivity contribution is 0.0681. The number of rotatable bonds is 5. The molecule has 23 heavy (non-hydrogen) atoms. The van der Waals surface area contributed by atoms with E-state index in [1.807, 2.05) is 0 Å². The van der Waals surface area contributed by atoms with E-state index >= 15 is 0 Å². The van der Waals surface area contributed by atoms with Crippen LogP contribution in [0.2, 0.25) is 10.0 Å². The number of carbonyl (C=O) groups excluding carboxylic acids is 1. The molecular weight excluding hydrogens is 337 g/mol. The van der Waals surface area contributed by atoms with Crippen LogP contribution < -0.4 is 4.74 Å². The van der Waals surface area contributed by atoms with Crippen LogP contribution in [0, 0.1) is 0 Å². The normalized spacial score (nSPS) is 11.9. The summed E-state index contributed by atoms with van der Waals surface area (Å²) in [6.45, 7) is 0.143. The zero-order valence-electron chi connectivity index (χ0n) is 12.8. The quantitative estimate of drug-likeness (QED) is 0.888. The first-order valence-electron chi connectivity index (χ1n) is 6.95. The van der Waals surface area contributed by atoms with Gasteiger partial charge in [-0.2, -0.15) is 0 Å². The summed E-state index contributed by atoms with van der Waals surface area (Å²) in [5.41, 5.74) is 1.05. The molecule has 0 radical (unpaired) electrons. The Morgan fingerprint density at radius 1 is 1.22 bits per heavy atom. The Balaban J connectivity index is 2.07. The van der Waals surface area contributed by atoms with Crippen LogP contribution in [0.5, 0.6) is 5.75 Å². The van der Waals surface area contributed by atoms with Crippen molar-refractivity contribution in [2.45, 2.75) is 6.10 Å². The second-order valence-electron chi connectivity index (χ2n) is 5.10. The van der Waals surface area contributed by atoms with E-state index in [-0.39, 0.29) is 17.5 Å². The second-order valence-corrected chi connectivity index (χ2v) is 5.94. The largest absolute Gasteiger partial charge is 0.497 e. The van der Waals surface area contributed by atoms with Crippen LogP contribution in [0.3, 0.4) is 0 Å². The van der Waals surface area contributed by atoms with Gasteiger partial charge in [0, 0.05) is 12.1 Å². The molecule has 1 amide bonds. The third-order valence-electron chi connectivity index (χ3n) is 3.46. The van der Waals surface area contributed by atoms with Crippen LogP contribution in [-0.2, 0) is 0 Å². The van der Waals surface area contributed by atoms with Gasteiger partial charge in [0.05, 0.1) is 30.3 Å². The van der Waals surface area contributed by atoms with E-state index in [4.69, 9.17) is 27.9 Å². The van der Waals surface area contributed by atoms with Gasteiger partial charge in [0.25, 0.3) is 5.91 Å². The van der Waals surface area contributed by atoms with Gasteiger partial charge in [0.1, 0.15) is 5.75 Å². The number of ether oxygens (including phenoxy) is 1. The molecule has 0 spiro atoms. The molecular formula is C17H17Cl2NO3. The Hall–Kier alpha value is -1.75. The Bertz CT molecular complexity index is 689. The highest BCUT2D eigenvalue weighted by atomic mass is 35.5. The minimum Gasteiger partial charge on any atom is -0.497 e. The summed E-state index contributed by atoms with van der Waals surface area (Å²) in [5, 5.41) is 11.0. The van der Waals surface area contributed by atoms with Crippen molar-refractivity contribution >= 4 is 29.1 Å². The number of benzene rings is 2. The molecule has 1 unspecified atom stereocenters. The summed E-state index contributed by atoms with van der Waals surface area (Å²) in [6.07, 6.45) is -0.805. The van der Waals surface area contributed by atoms with Crippen molar-refractivity contribution in [2.24, 2.45) is 0 Å². The summed E-state index contributed by atoms with van der Waals surface area (Å²) in [7, 11) is 3.19. The summed E-state index contributed by atoms with van der Waals surface area (Å²) < 4.78 is 5.08. The number of aliphatic hydroxyl groups is 1. The third-order valence-corrected chi connectivity index (χ3v) is 4.00. The number of halogens is 2. The van der Waals surface area contributed by atoms with E-state index in [1.54, 1.807) is 50.6 Å². The topological polar surface area (TPSA) is 49.8 Å². The van der Waals surface area contributed by atoms with Crippen LogP contribution >= 0.6 is 23.2 Å². The maximum atomic E-state index is 12.4. The molecule has 0 fully saturated rings. The minimum absolute atomic E-state index is 0.143. The fraction of sp³-hybridized carbons (Fsp3) is 0.235. The van der Waals surface area contributed by atoms with Crippen molar-refractivity contribution in [3.8, 4) is 5.75 Å². The fourth-order valence-electron chi connectivity index (χ4n) is 2.14. The summed E-state index contributed by atoms with van der Waals surface area (Å²) in [6, 6.07) is 11.7. The van der Waals surface area contributed by atoms with Gasteiger partial charge < -0.3 is 14.7 Å². The van der Waals surface area contributed by atoms with Crippen molar-refractivity contribution in [3.05, 3.63) is 63.6 Å². The van der Waals surface area contributed by atoms with Crippen molar-refractivity contribution in [2.75, 3.05) is 20.7 Å². The third kappa shape index (κ3) is 4.38. The average molecular weight is 354 g/mol. The van der Waals surface area contributed by atoms with Gasteiger partial charge in [-0.1, -0.05) is 35.3 Å². The maximum absolute atomic E-state index is 12.4. The van der Waals surface area contributed by atoms with Crippen LogP contribution in [0.4, 0.5) is 0 Å². The Kier molecular flexibility index (Phi) is 5.88. The standard InChI is InChI=1S/C17H17Cl2NO3/c1-20(17(22)14-8-5-12(18)9-15(14)19)10-16(21)11-3-6-13(23-2)7-4-11/h3-9,16,21H,10H2,1-2H3. The molecule has 1 N–H and O–H groups in total. The van der Waals surface area contributed by atoms with E-state index in [0.29, 0.717) is 21.9 Å². The Labute approximate surface area is 145 Å². The molecule has 0 aliphatic rings. The van der Waals surface area contributed by atoms with Crippen molar-refractivity contribution in [3.63, 3.8) is 0 Å². The monoisotopic (exact) mass is 353 g/mol. The molecule has 0 aliphatic carbocycles. The number of likely N-dealkylation sites (N-methyl/N-ethyl adjacent to an activating group) is 1. The van der Waals surface area contributed by atoms with E-state index in [9.17, 15) is 9.90 Å². The first-order valence-corrected chi connectivity index (χ1v) is 7.70. The number of nitrogens with zero attached hydrogens (tertiary/aromatic N) is 1. The van der Waals surface area contributed by atoms with Gasteiger partial charge in [-0.25, -0.2) is 0 Å². The first-order chi connectivity index (χ1) is 10.9. The maximum Gasteiger partial charge on any atom is 0.255 e. The van der Waals surface area contributed by atoms with Crippen LogP contribution in [0.1, 0.15) is 22.0 Å². The SMILES string of the molecule is COc1ccc(C(O)CN(C)C(=O)c2ccc(Cl)cc2Cl)cc1. The van der Waals surface area contributed by atoms with Gasteiger partial charge >= 0.3 is 0 Å². The summed E-state index contributed by atoms with van der Waals surface area (Å²) >= 11 is 11.9. The molecule has 122 valence electrons. The molecule has 0 saturated heterocycles. The van der Waals surface area contributed by atoms with Crippen LogP contribution in [0.25, 0.3) is 0 Å². The van der Waals surface area contributed by atoms with Gasteiger partial charge in [0.2, 0.25) is 0 Å². The van der Waals surface area contributed by atoms with Crippen molar-refractivity contribution < 1.29 is 14.6 Å². The highest BCUT2D eigenvalue weighted by Crippen LogP contribution is 2.23.